The van der Waals surface area contributed by atoms with Crippen molar-refractivity contribution in [1.29, 1.82) is 0 Å². The first-order valence-electron chi connectivity index (χ1n) is 35.4. The highest BCUT2D eigenvalue weighted by molar-refractivity contribution is 5.70. The second-order valence-corrected chi connectivity index (χ2v) is 25.2. The fraction of sp³-hybridized carbons (Fsp3) is 0.824. The van der Waals surface area contributed by atoms with Crippen LogP contribution in [0.1, 0.15) is 335 Å². The summed E-state index contributed by atoms with van der Waals surface area (Å²) in [7, 11) is 5.94. The quantitative estimate of drug-likeness (QED) is 0.0195. The summed E-state index contributed by atoms with van der Waals surface area (Å²) in [5, 5.41) is 11.8. The lowest BCUT2D eigenvalue weighted by atomic mass is 10.0. The number of carbonyl (C=O) groups is 3. The highest BCUT2D eigenvalue weighted by Gasteiger charge is 2.22. The monoisotopic (exact) mass is 1170 g/mol. The number of likely N-dealkylation sites (N-methyl/N-ethyl adjacent to an activating group) is 1. The van der Waals surface area contributed by atoms with Gasteiger partial charge in [0, 0.05) is 12.8 Å². The smallest absolute Gasteiger partial charge is 0.306 e. The average molecular weight is 1170 g/mol. The van der Waals surface area contributed by atoms with E-state index in [1.807, 2.05) is 21.1 Å². The van der Waals surface area contributed by atoms with E-state index in [9.17, 15) is 19.5 Å². The highest BCUT2D eigenvalue weighted by Crippen LogP contribution is 2.18. The molecule has 0 heterocycles. The van der Waals surface area contributed by atoms with E-state index in [2.05, 4.69) is 74.6 Å². The van der Waals surface area contributed by atoms with Gasteiger partial charge in [0.1, 0.15) is 13.2 Å². The molecule has 83 heavy (non-hydrogen) atoms. The molecule has 0 bridgehead atoms. The molecule has 0 saturated heterocycles. The van der Waals surface area contributed by atoms with Crippen LogP contribution in [0, 0.1) is 0 Å². The van der Waals surface area contributed by atoms with Crippen molar-refractivity contribution < 1.29 is 42.9 Å². The fourth-order valence-electron chi connectivity index (χ4n) is 10.3. The molecule has 0 amide bonds. The predicted molar refractivity (Wildman–Crippen MR) is 352 cm³/mol. The predicted octanol–water partition coefficient (Wildman–Crippen LogP) is 20.6. The van der Waals surface area contributed by atoms with Gasteiger partial charge in [-0.3, -0.25) is 9.59 Å². The van der Waals surface area contributed by atoms with Gasteiger partial charge in [-0.25, -0.2) is 0 Å². The lowest BCUT2D eigenvalue weighted by Gasteiger charge is -2.26. The van der Waals surface area contributed by atoms with Crippen LogP contribution in [-0.4, -0.2) is 82.3 Å². The summed E-state index contributed by atoms with van der Waals surface area (Å²) < 4.78 is 22.8. The van der Waals surface area contributed by atoms with E-state index in [4.69, 9.17) is 18.9 Å². The number of rotatable bonds is 66. The number of hydrogen-bond donors (Lipinski definition) is 0. The third-order valence-electron chi connectivity index (χ3n) is 15.7. The zero-order valence-corrected chi connectivity index (χ0v) is 55.3. The Balaban J connectivity index is 4.08. The number of carbonyl (C=O) groups excluding carboxylic acids is 3. The van der Waals surface area contributed by atoms with E-state index in [-0.39, 0.29) is 32.2 Å². The van der Waals surface area contributed by atoms with Crippen LogP contribution in [0.3, 0.4) is 0 Å². The molecule has 0 fully saturated rings. The van der Waals surface area contributed by atoms with Crippen LogP contribution in [-0.2, 0) is 33.3 Å². The molecule has 484 valence electrons. The third-order valence-corrected chi connectivity index (χ3v) is 15.7. The molecule has 0 spiro atoms. The number of carboxylic acid groups (broad SMARTS) is 1. The van der Waals surface area contributed by atoms with E-state index in [0.29, 0.717) is 23.9 Å². The van der Waals surface area contributed by atoms with Gasteiger partial charge in [0.25, 0.3) is 0 Å². The number of carboxylic acids is 1. The molecular weight excluding hydrogens is 1030 g/mol. The van der Waals surface area contributed by atoms with Crippen molar-refractivity contribution in [3.05, 3.63) is 60.8 Å². The van der Waals surface area contributed by atoms with E-state index in [0.717, 1.165) is 51.4 Å². The van der Waals surface area contributed by atoms with E-state index in [1.54, 1.807) is 0 Å². The van der Waals surface area contributed by atoms with Crippen LogP contribution in [0.25, 0.3) is 0 Å². The molecular formula is C74H135NO8. The molecule has 0 aromatic heterocycles. The number of quaternary nitrogens is 1. The summed E-state index contributed by atoms with van der Waals surface area (Å²) in [6.45, 7) is 4.77. The van der Waals surface area contributed by atoms with Gasteiger partial charge in [-0.15, -0.1) is 0 Å². The Hall–Kier alpha value is -3.01. The van der Waals surface area contributed by atoms with Crippen LogP contribution < -0.4 is 5.11 Å². The van der Waals surface area contributed by atoms with Gasteiger partial charge in [-0.2, -0.15) is 0 Å². The number of hydrogen-bond acceptors (Lipinski definition) is 8. The molecule has 0 aromatic rings. The van der Waals surface area contributed by atoms with Gasteiger partial charge in [-0.05, 0) is 83.5 Å². The zero-order valence-electron chi connectivity index (χ0n) is 55.3. The first-order chi connectivity index (χ1) is 40.6. The van der Waals surface area contributed by atoms with Gasteiger partial charge in [0.05, 0.1) is 40.3 Å². The van der Waals surface area contributed by atoms with Crippen molar-refractivity contribution in [3.63, 3.8) is 0 Å². The number of unbranched alkanes of at least 4 members (excludes halogenated alkanes) is 41. The topological polar surface area (TPSA) is 111 Å². The molecule has 0 N–H and O–H groups in total. The Labute approximate surface area is 514 Å². The van der Waals surface area contributed by atoms with Gasteiger partial charge in [0.15, 0.2) is 12.4 Å². The van der Waals surface area contributed by atoms with Crippen molar-refractivity contribution in [2.45, 2.75) is 347 Å². The number of esters is 2. The first kappa shape index (κ1) is 80.0. The molecule has 9 nitrogen and oxygen atoms in total. The summed E-state index contributed by atoms with van der Waals surface area (Å²) in [5.74, 6) is -2.26. The van der Waals surface area contributed by atoms with E-state index >= 15 is 0 Å². The second-order valence-electron chi connectivity index (χ2n) is 25.2. The SMILES string of the molecule is CCCCCCC/C=C\C/C=C\C/C=C\CCCCCCCCCCCCCCCCCCCCC(=O)OC(COC(=O)CCCCCCCCCCCCCCC/C=C\C/C=C\CCCCCCC)COC(OCC[N+](C)(C)C)C(=O)[O-]. The average Bonchev–Trinajstić information content (AvgIpc) is 3.46. The molecule has 0 rings (SSSR count). The first-order valence-corrected chi connectivity index (χ1v) is 35.4. The van der Waals surface area contributed by atoms with Crippen molar-refractivity contribution in [2.24, 2.45) is 0 Å². The Bertz CT molecular complexity index is 1550. The Morgan fingerprint density at radius 2 is 0.651 bits per heavy atom. The fourth-order valence-corrected chi connectivity index (χ4v) is 10.3. The van der Waals surface area contributed by atoms with Crippen molar-refractivity contribution in [1.82, 2.24) is 0 Å². The van der Waals surface area contributed by atoms with E-state index in [1.165, 1.54) is 250 Å². The second kappa shape index (κ2) is 65.0. The molecule has 2 unspecified atom stereocenters. The summed E-state index contributed by atoms with van der Waals surface area (Å²) in [5.41, 5.74) is 0. The van der Waals surface area contributed by atoms with E-state index < -0.39 is 24.3 Å². The standard InChI is InChI=1S/C74H135NO8/c1-6-8-10-12-14-16-18-20-22-24-26-28-30-32-33-34-35-36-37-38-39-41-43-45-47-49-51-53-55-57-59-61-63-65-72(77)83-70(69-82-74(73(78)79)80-67-66-75(3,4)5)68-81-71(76)64-62-60-58-56-54-52-50-48-46-44-42-40-31-29-27-25-23-21-19-17-15-13-11-9-7-2/h18-21,24-27,30,32,70,74H,6-17,22-23,28-29,31,33-69H2,1-5H3/b20-18-,21-19-,26-24-,27-25-,32-30-. The highest BCUT2D eigenvalue weighted by atomic mass is 16.7. The number of aliphatic carboxylic acids is 1. The van der Waals surface area contributed by atoms with Gasteiger partial charge in [0.2, 0.25) is 0 Å². The maximum atomic E-state index is 12.9. The zero-order chi connectivity index (χ0) is 60.5. The lowest BCUT2D eigenvalue weighted by molar-refractivity contribution is -0.870. The van der Waals surface area contributed by atoms with Crippen LogP contribution in [0.15, 0.2) is 60.8 Å². The largest absolute Gasteiger partial charge is 0.545 e. The minimum Gasteiger partial charge on any atom is -0.545 e. The molecule has 0 aliphatic carbocycles. The van der Waals surface area contributed by atoms with Gasteiger partial charge >= 0.3 is 11.9 Å². The molecule has 0 saturated carbocycles. The van der Waals surface area contributed by atoms with Crippen molar-refractivity contribution in [3.8, 4) is 0 Å². The Morgan fingerprint density at radius 1 is 0.361 bits per heavy atom. The molecule has 0 aliphatic rings. The molecule has 2 atom stereocenters. The van der Waals surface area contributed by atoms with Crippen LogP contribution in [0.5, 0.6) is 0 Å². The summed E-state index contributed by atoms with van der Waals surface area (Å²) >= 11 is 0. The third kappa shape index (κ3) is 66.4. The van der Waals surface area contributed by atoms with Crippen LogP contribution >= 0.6 is 0 Å². The van der Waals surface area contributed by atoms with Crippen LogP contribution in [0.4, 0.5) is 0 Å². The Kier molecular flexibility index (Phi) is 62.6. The minimum absolute atomic E-state index is 0.148. The number of nitrogens with zero attached hydrogens (tertiary/aromatic N) is 1. The number of allylic oxidation sites excluding steroid dienone is 10. The summed E-state index contributed by atoms with van der Waals surface area (Å²) in [6, 6.07) is 0. The minimum atomic E-state index is -1.62. The van der Waals surface area contributed by atoms with Gasteiger partial charge < -0.3 is 33.3 Å². The summed E-state index contributed by atoms with van der Waals surface area (Å²) in [6.07, 6.45) is 81.6. The maximum absolute atomic E-state index is 12.9. The van der Waals surface area contributed by atoms with Crippen LogP contribution in [0.2, 0.25) is 0 Å². The van der Waals surface area contributed by atoms with Gasteiger partial charge in [-0.1, -0.05) is 299 Å². The molecule has 0 radical (unpaired) electrons. The Morgan fingerprint density at radius 3 is 0.964 bits per heavy atom. The lowest BCUT2D eigenvalue weighted by Crippen LogP contribution is -2.44. The maximum Gasteiger partial charge on any atom is 0.306 e. The summed E-state index contributed by atoms with van der Waals surface area (Å²) in [4.78, 5) is 37.5. The molecule has 9 heteroatoms. The number of ether oxygens (including phenoxy) is 4. The van der Waals surface area contributed by atoms with Crippen molar-refractivity contribution >= 4 is 17.9 Å². The molecule has 0 aromatic carbocycles. The molecule has 0 aliphatic heterocycles. The normalized spacial score (nSPS) is 13.0. The van der Waals surface area contributed by atoms with Crippen molar-refractivity contribution in [2.75, 3.05) is 47.5 Å².